The number of nitrogen functional groups attached to an aromatic ring is 2. The number of aromatic amines is 1. The number of ketones is 1. The molecule has 212 valence electrons. The summed E-state index contributed by atoms with van der Waals surface area (Å²) in [4.78, 5) is 66.8. The monoisotopic (exact) mass is 575 g/mol. The molecule has 2 atom stereocenters. The molecule has 4 heterocycles. The van der Waals surface area contributed by atoms with Crippen molar-refractivity contribution in [3.05, 3.63) is 69.0 Å². The van der Waals surface area contributed by atoms with E-state index >= 15 is 0 Å². The minimum absolute atomic E-state index is 0.00754. The summed E-state index contributed by atoms with van der Waals surface area (Å²) < 4.78 is 4.95. The van der Waals surface area contributed by atoms with Gasteiger partial charge in [0, 0.05) is 16.6 Å². The number of anilines is 2. The molecular formula is C28H29N7O5S. The minimum atomic E-state index is -1.24. The van der Waals surface area contributed by atoms with Crippen molar-refractivity contribution >= 4 is 57.7 Å². The van der Waals surface area contributed by atoms with Crippen LogP contribution in [0, 0.1) is 0 Å². The molecule has 0 radical (unpaired) electrons. The van der Waals surface area contributed by atoms with Gasteiger partial charge in [-0.3, -0.25) is 19.3 Å². The number of imide groups is 1. The van der Waals surface area contributed by atoms with Gasteiger partial charge in [0.15, 0.2) is 5.78 Å². The molecule has 0 saturated carbocycles. The van der Waals surface area contributed by atoms with Crippen LogP contribution in [-0.2, 0) is 22.4 Å². The lowest BCUT2D eigenvalue weighted by Gasteiger charge is -2.28. The number of thiophene rings is 1. The first kappa shape index (κ1) is 27.9. The molecule has 12 nitrogen and oxygen atoms in total. The number of methoxy groups -OCH3 is 1. The number of aromatic nitrogens is 3. The first-order valence-electron chi connectivity index (χ1n) is 13.0. The Morgan fingerprint density at radius 1 is 1.07 bits per heavy atom. The summed E-state index contributed by atoms with van der Waals surface area (Å²) in [6.45, 7) is 0. The van der Waals surface area contributed by atoms with Gasteiger partial charge >= 0.3 is 5.97 Å². The van der Waals surface area contributed by atoms with Crippen LogP contribution in [0.2, 0.25) is 0 Å². The summed E-state index contributed by atoms with van der Waals surface area (Å²) in [5, 5.41) is 0.736. The fourth-order valence-electron chi connectivity index (χ4n) is 5.09. The van der Waals surface area contributed by atoms with E-state index in [1.54, 1.807) is 18.2 Å². The smallest absolute Gasteiger partial charge is 0.329 e. The average molecular weight is 576 g/mol. The zero-order chi connectivity index (χ0) is 29.3. The van der Waals surface area contributed by atoms with Gasteiger partial charge in [-0.25, -0.2) is 4.79 Å². The Labute approximate surface area is 238 Å². The van der Waals surface area contributed by atoms with Gasteiger partial charge in [-0.15, -0.1) is 11.3 Å². The SMILES string of the molecule is COC(=O)[C@@H]1CCC(N)C(=O)c2ccccc2C(=O)N1C(=O)c1ccc(CCCc2c[nH]c3nc(N)nc(N)c23)s1. The van der Waals surface area contributed by atoms with E-state index < -0.39 is 35.7 Å². The molecule has 3 aromatic heterocycles. The van der Waals surface area contributed by atoms with Gasteiger partial charge in [-0.1, -0.05) is 18.2 Å². The topological polar surface area (TPSA) is 200 Å². The molecule has 0 aliphatic carbocycles. The fraction of sp³-hybridized carbons (Fsp3) is 0.286. The van der Waals surface area contributed by atoms with Crippen LogP contribution < -0.4 is 17.2 Å². The summed E-state index contributed by atoms with van der Waals surface area (Å²) in [6.07, 6.45) is 3.99. The Balaban J connectivity index is 1.38. The number of rotatable bonds is 6. The highest BCUT2D eigenvalue weighted by molar-refractivity contribution is 7.14. The number of aryl methyl sites for hydroxylation is 2. The van der Waals surface area contributed by atoms with Crippen LogP contribution in [0.3, 0.4) is 0 Å². The Morgan fingerprint density at radius 2 is 1.83 bits per heavy atom. The fourth-order valence-corrected chi connectivity index (χ4v) is 6.07. The third kappa shape index (κ3) is 5.41. The summed E-state index contributed by atoms with van der Waals surface area (Å²) in [5.41, 5.74) is 19.5. The van der Waals surface area contributed by atoms with Crippen LogP contribution in [-0.4, -0.2) is 62.6 Å². The third-order valence-electron chi connectivity index (χ3n) is 7.13. The number of benzene rings is 1. The molecule has 2 amide bonds. The summed E-state index contributed by atoms with van der Waals surface area (Å²) in [6, 6.07) is 7.47. The van der Waals surface area contributed by atoms with Gasteiger partial charge < -0.3 is 26.9 Å². The van der Waals surface area contributed by atoms with Crippen molar-refractivity contribution in [3.63, 3.8) is 0 Å². The number of amides is 2. The van der Waals surface area contributed by atoms with Crippen molar-refractivity contribution in [2.75, 3.05) is 18.6 Å². The first-order valence-corrected chi connectivity index (χ1v) is 13.8. The largest absolute Gasteiger partial charge is 0.467 e. The highest BCUT2D eigenvalue weighted by Gasteiger charge is 2.40. The van der Waals surface area contributed by atoms with Crippen LogP contribution in [0.4, 0.5) is 11.8 Å². The second-order valence-electron chi connectivity index (χ2n) is 9.74. The van der Waals surface area contributed by atoms with Crippen LogP contribution in [0.15, 0.2) is 42.6 Å². The molecule has 1 aromatic carbocycles. The molecule has 0 spiro atoms. The van der Waals surface area contributed by atoms with Crippen molar-refractivity contribution in [1.82, 2.24) is 19.9 Å². The molecular weight excluding hydrogens is 546 g/mol. The van der Waals surface area contributed by atoms with E-state index in [0.717, 1.165) is 27.1 Å². The van der Waals surface area contributed by atoms with E-state index in [1.807, 2.05) is 12.3 Å². The van der Waals surface area contributed by atoms with Crippen molar-refractivity contribution < 1.29 is 23.9 Å². The second kappa shape index (κ2) is 11.5. The van der Waals surface area contributed by atoms with E-state index in [4.69, 9.17) is 21.9 Å². The summed E-state index contributed by atoms with van der Waals surface area (Å²) in [7, 11) is 1.19. The zero-order valence-electron chi connectivity index (χ0n) is 22.3. The number of nitrogens with one attached hydrogen (secondary N) is 1. The number of carbonyl (C=O) groups excluding carboxylic acids is 4. The van der Waals surface area contributed by atoms with Gasteiger partial charge in [0.25, 0.3) is 11.8 Å². The number of Topliss-reactive ketones (excluding diaryl/α,β-unsaturated/α-hetero) is 1. The Kier molecular flexibility index (Phi) is 7.81. The van der Waals surface area contributed by atoms with Gasteiger partial charge in [0.2, 0.25) is 5.95 Å². The van der Waals surface area contributed by atoms with Crippen molar-refractivity contribution in [2.45, 2.75) is 44.2 Å². The van der Waals surface area contributed by atoms with Gasteiger partial charge in [0.05, 0.1) is 29.0 Å². The number of esters is 1. The molecule has 4 aromatic rings. The number of fused-ring (bicyclic) bond motifs is 2. The van der Waals surface area contributed by atoms with Crippen LogP contribution in [0.1, 0.15) is 60.1 Å². The molecule has 0 bridgehead atoms. The van der Waals surface area contributed by atoms with Gasteiger partial charge in [0.1, 0.15) is 17.5 Å². The lowest BCUT2D eigenvalue weighted by Crippen LogP contribution is -2.49. The second-order valence-corrected chi connectivity index (χ2v) is 10.9. The first-order chi connectivity index (χ1) is 19.7. The quantitative estimate of drug-likeness (QED) is 0.195. The lowest BCUT2D eigenvalue weighted by atomic mass is 9.97. The number of nitrogens with zero attached hydrogens (tertiary/aromatic N) is 3. The van der Waals surface area contributed by atoms with Crippen molar-refractivity contribution in [3.8, 4) is 0 Å². The molecule has 7 N–H and O–H groups in total. The predicted molar refractivity (Wildman–Crippen MR) is 153 cm³/mol. The van der Waals surface area contributed by atoms with E-state index in [2.05, 4.69) is 15.0 Å². The lowest BCUT2D eigenvalue weighted by molar-refractivity contribution is -0.145. The summed E-state index contributed by atoms with van der Waals surface area (Å²) >= 11 is 1.24. The van der Waals surface area contributed by atoms with Crippen LogP contribution in [0.5, 0.6) is 0 Å². The maximum absolute atomic E-state index is 13.8. The maximum Gasteiger partial charge on any atom is 0.329 e. The molecule has 0 fully saturated rings. The minimum Gasteiger partial charge on any atom is -0.467 e. The van der Waals surface area contributed by atoms with Crippen molar-refractivity contribution in [1.29, 1.82) is 0 Å². The standard InChI is InChI=1S/C28H29N7O5S/c1-40-27(39)19-11-10-18(29)22(36)16-7-2-3-8-17(16)25(37)35(19)26(38)20-12-9-15(41-20)6-4-5-14-13-32-24-21(14)23(30)33-28(31)34-24/h2-3,7-9,12-13,18-19H,4-6,10-11,29H2,1H3,(H5,30,31,32,33,34)/t18?,19-/m0/s1. The highest BCUT2D eigenvalue weighted by atomic mass is 32.1. The molecule has 1 unspecified atom stereocenters. The normalized spacial score (nSPS) is 17.6. The number of nitrogens with two attached hydrogens (primary N) is 3. The number of hydrogen-bond donors (Lipinski definition) is 4. The average Bonchev–Trinajstić information content (AvgIpc) is 3.61. The van der Waals surface area contributed by atoms with Crippen molar-refractivity contribution in [2.24, 2.45) is 5.73 Å². The molecule has 5 rings (SSSR count). The predicted octanol–water partition coefficient (Wildman–Crippen LogP) is 2.49. The number of hydrogen-bond acceptors (Lipinski definition) is 11. The number of ether oxygens (including phenoxy) is 1. The molecule has 0 saturated heterocycles. The number of carbonyl (C=O) groups is 4. The van der Waals surface area contributed by atoms with E-state index in [-0.39, 0.29) is 34.8 Å². The summed E-state index contributed by atoms with van der Waals surface area (Å²) in [5.74, 6) is -2.16. The molecule has 1 aliphatic rings. The highest BCUT2D eigenvalue weighted by Crippen LogP contribution is 2.28. The van der Waals surface area contributed by atoms with Crippen LogP contribution in [0.25, 0.3) is 11.0 Å². The van der Waals surface area contributed by atoms with Gasteiger partial charge in [-0.2, -0.15) is 9.97 Å². The van der Waals surface area contributed by atoms with E-state index in [9.17, 15) is 19.2 Å². The van der Waals surface area contributed by atoms with Crippen LogP contribution >= 0.6 is 11.3 Å². The van der Waals surface area contributed by atoms with E-state index in [0.29, 0.717) is 24.3 Å². The Hall–Kier alpha value is -4.62. The zero-order valence-corrected chi connectivity index (χ0v) is 23.1. The Morgan fingerprint density at radius 3 is 2.59 bits per heavy atom. The van der Waals surface area contributed by atoms with Gasteiger partial charge in [-0.05, 0) is 55.9 Å². The molecule has 41 heavy (non-hydrogen) atoms. The maximum atomic E-state index is 13.8. The molecule has 1 aliphatic heterocycles. The van der Waals surface area contributed by atoms with E-state index in [1.165, 1.54) is 30.6 Å². The third-order valence-corrected chi connectivity index (χ3v) is 8.27. The Bertz CT molecular complexity index is 1660. The number of H-pyrrole nitrogens is 1. The molecule has 13 heteroatoms.